The van der Waals surface area contributed by atoms with Crippen LogP contribution < -0.4 is 15.5 Å². The van der Waals surface area contributed by atoms with Crippen molar-refractivity contribution < 1.29 is 0 Å². The second-order valence-electron chi connectivity index (χ2n) is 27.8. The highest BCUT2D eigenvalue weighted by Gasteiger charge is 2.45. The number of rotatable bonds is 8. The molecule has 1 aliphatic carbocycles. The Kier molecular flexibility index (Phi) is 13.0. The third-order valence-electron chi connectivity index (χ3n) is 20.2. The first kappa shape index (κ1) is 56.1. The van der Waals surface area contributed by atoms with Crippen LogP contribution in [-0.2, 0) is 17.3 Å². The number of anilines is 7. The molecule has 448 valence electrons. The Balaban J connectivity index is 1.05. The third kappa shape index (κ3) is 9.17. The molecule has 3 heterocycles. The molecule has 0 radical (unpaired) electrons. The maximum atomic E-state index is 7.25. The van der Waals surface area contributed by atoms with Crippen LogP contribution in [-0.4, -0.2) is 4.57 Å². The first-order chi connectivity index (χ1) is 45.3. The number of nitrogen functional groups attached to an aromatic ring is 1. The van der Waals surface area contributed by atoms with Gasteiger partial charge in [-0.1, -0.05) is 272 Å². The van der Waals surface area contributed by atoms with Crippen LogP contribution in [0, 0.1) is 0 Å². The van der Waals surface area contributed by atoms with Gasteiger partial charge in [0.15, 0.2) is 0 Å². The molecule has 13 aromatic carbocycles. The fourth-order valence-corrected chi connectivity index (χ4v) is 15.7. The minimum Gasteiger partial charge on any atom is -0.399 e. The van der Waals surface area contributed by atoms with Crippen molar-refractivity contribution in [2.24, 2.45) is 0 Å². The van der Waals surface area contributed by atoms with Crippen molar-refractivity contribution >= 4 is 61.6 Å². The predicted octanol–water partition coefficient (Wildman–Crippen LogP) is 23.5. The summed E-state index contributed by atoms with van der Waals surface area (Å²) in [5, 5.41) is 2.52. The van der Waals surface area contributed by atoms with E-state index in [2.05, 4.69) is 347 Å². The fraction of sp³-hybridized carbons (Fsp3) is 0.124. The zero-order chi connectivity index (χ0) is 62.9. The normalized spacial score (nSPS) is 14.2. The standard InChI is InChI=1S/C89H72N4/c1-88(2,3)63-41-47-77-75(52-63)76-53-64(89(4,5)6)42-48-78(76)91(77)66-44-46-74-80(55-66)93(87-71(58-29-15-9-16-30-58)39-24-40-72(87)59-31-17-10-18-32-59)82-51-62(83-67-35-21-19-33-60(67)49-61-34-20-22-36-68(61)83)50-81-85(82)84(74)73-45-43-65(90)54-79(73)92(81)86-69(56-25-11-7-12-26-56)37-23-38-70(86)57-27-13-8-14-28-57/h7-48,50-55,83-84H,49,90H2,1-6H3. The molecule has 1 unspecified atom stereocenters. The van der Waals surface area contributed by atoms with E-state index in [9.17, 15) is 0 Å². The van der Waals surface area contributed by atoms with Crippen molar-refractivity contribution in [2.45, 2.75) is 70.6 Å². The van der Waals surface area contributed by atoms with Crippen LogP contribution in [0.3, 0.4) is 0 Å². The van der Waals surface area contributed by atoms with E-state index in [0.29, 0.717) is 5.69 Å². The molecule has 0 bridgehead atoms. The number of nitrogens with zero attached hydrogens (tertiary/aromatic N) is 3. The molecule has 1 aromatic heterocycles. The van der Waals surface area contributed by atoms with Crippen molar-refractivity contribution in [1.82, 2.24) is 4.57 Å². The summed E-state index contributed by atoms with van der Waals surface area (Å²) < 4.78 is 2.54. The molecule has 14 aromatic rings. The predicted molar refractivity (Wildman–Crippen MR) is 391 cm³/mol. The Labute approximate surface area is 546 Å². The van der Waals surface area contributed by atoms with E-state index < -0.39 is 0 Å². The highest BCUT2D eigenvalue weighted by molar-refractivity contribution is 6.11. The number of nitrogens with two attached hydrogens (primary N) is 1. The minimum atomic E-state index is -0.225. The summed E-state index contributed by atoms with van der Waals surface area (Å²) in [6, 6.07) is 110. The van der Waals surface area contributed by atoms with Crippen molar-refractivity contribution in [1.29, 1.82) is 0 Å². The van der Waals surface area contributed by atoms with E-state index in [1.54, 1.807) is 0 Å². The number of aromatic nitrogens is 1. The maximum absolute atomic E-state index is 7.25. The summed E-state index contributed by atoms with van der Waals surface area (Å²) in [6.07, 6.45) is 0.872. The van der Waals surface area contributed by atoms with E-state index in [4.69, 9.17) is 5.73 Å². The summed E-state index contributed by atoms with van der Waals surface area (Å²) in [5.41, 5.74) is 39.9. The lowest BCUT2D eigenvalue weighted by molar-refractivity contribution is 0.590. The fourth-order valence-electron chi connectivity index (χ4n) is 15.7. The van der Waals surface area contributed by atoms with Crippen LogP contribution in [0.1, 0.15) is 109 Å². The van der Waals surface area contributed by atoms with E-state index in [1.165, 1.54) is 77.4 Å². The molecule has 1 atom stereocenters. The largest absolute Gasteiger partial charge is 0.399 e. The molecule has 0 saturated heterocycles. The average molecular weight is 1200 g/mol. The van der Waals surface area contributed by atoms with Crippen molar-refractivity contribution in [3.8, 4) is 50.2 Å². The number of hydrogen-bond acceptors (Lipinski definition) is 3. The first-order valence-corrected chi connectivity index (χ1v) is 32.9. The Morgan fingerprint density at radius 3 is 1.16 bits per heavy atom. The van der Waals surface area contributed by atoms with Crippen LogP contribution in [0.5, 0.6) is 0 Å². The van der Waals surface area contributed by atoms with Crippen molar-refractivity contribution in [2.75, 3.05) is 15.5 Å². The highest BCUT2D eigenvalue weighted by atomic mass is 15.2. The Morgan fingerprint density at radius 1 is 0.333 bits per heavy atom. The number of fused-ring (bicyclic) bond motifs is 9. The number of hydrogen-bond donors (Lipinski definition) is 1. The maximum Gasteiger partial charge on any atom is 0.0618 e. The zero-order valence-electron chi connectivity index (χ0n) is 53.5. The molecule has 0 spiro atoms. The van der Waals surface area contributed by atoms with E-state index >= 15 is 0 Å². The smallest absolute Gasteiger partial charge is 0.0618 e. The molecule has 3 aliphatic rings. The highest BCUT2D eigenvalue weighted by Crippen LogP contribution is 2.65. The lowest BCUT2D eigenvalue weighted by atomic mass is 9.71. The Hall–Kier alpha value is -10.9. The van der Waals surface area contributed by atoms with Crippen LogP contribution in [0.15, 0.2) is 291 Å². The second-order valence-corrected chi connectivity index (χ2v) is 27.8. The molecule has 2 aliphatic heterocycles. The molecular weight excluding hydrogens is 1130 g/mol. The molecule has 0 amide bonds. The lowest BCUT2D eigenvalue weighted by Crippen LogP contribution is -2.31. The third-order valence-corrected chi connectivity index (χ3v) is 20.2. The van der Waals surface area contributed by atoms with Gasteiger partial charge in [0.1, 0.15) is 0 Å². The molecule has 93 heavy (non-hydrogen) atoms. The summed E-state index contributed by atoms with van der Waals surface area (Å²) in [4.78, 5) is 5.32. The summed E-state index contributed by atoms with van der Waals surface area (Å²) in [7, 11) is 0. The molecule has 4 heteroatoms. The SMILES string of the molecule is CC(C)(C)c1ccc2c(c1)c1cc(C(C)(C)C)ccc1n2-c1ccc2c(c1)N(c1c(-c3ccccc3)cccc1-c1ccccc1)c1cc(C3c4ccccc4Cc4ccccc43)cc3c1C2c1ccc(N)cc1N3c1c(-c2ccccc2)cccc1-c1ccccc1. The van der Waals surface area contributed by atoms with Gasteiger partial charge in [0, 0.05) is 61.8 Å². The second kappa shape index (κ2) is 21.6. The number of para-hydroxylation sites is 2. The van der Waals surface area contributed by atoms with E-state index in [-0.39, 0.29) is 22.7 Å². The van der Waals surface area contributed by atoms with Gasteiger partial charge in [0.05, 0.1) is 45.2 Å². The molecule has 0 saturated carbocycles. The van der Waals surface area contributed by atoms with Crippen LogP contribution in [0.2, 0.25) is 0 Å². The van der Waals surface area contributed by atoms with Crippen molar-refractivity contribution in [3.05, 3.63) is 347 Å². The number of benzene rings is 13. The van der Waals surface area contributed by atoms with Crippen LogP contribution >= 0.6 is 0 Å². The summed E-state index contributed by atoms with van der Waals surface area (Å²) in [6.45, 7) is 13.9. The van der Waals surface area contributed by atoms with Crippen LogP contribution in [0.25, 0.3) is 72.0 Å². The van der Waals surface area contributed by atoms with Gasteiger partial charge in [-0.25, -0.2) is 0 Å². The van der Waals surface area contributed by atoms with Gasteiger partial charge in [-0.2, -0.15) is 0 Å². The van der Waals surface area contributed by atoms with Crippen molar-refractivity contribution in [3.63, 3.8) is 0 Å². The summed E-state index contributed by atoms with van der Waals surface area (Å²) >= 11 is 0. The molecular formula is C89H72N4. The zero-order valence-corrected chi connectivity index (χ0v) is 53.5. The van der Waals surface area contributed by atoms with Gasteiger partial charge >= 0.3 is 0 Å². The van der Waals surface area contributed by atoms with Gasteiger partial charge < -0.3 is 20.1 Å². The average Bonchev–Trinajstić information content (AvgIpc) is 0.853. The molecule has 2 N–H and O–H groups in total. The van der Waals surface area contributed by atoms with E-state index in [1.807, 2.05) is 0 Å². The topological polar surface area (TPSA) is 37.4 Å². The van der Waals surface area contributed by atoms with Gasteiger partial charge in [-0.15, -0.1) is 0 Å². The monoisotopic (exact) mass is 1200 g/mol. The minimum absolute atomic E-state index is 0.0463. The summed E-state index contributed by atoms with van der Waals surface area (Å²) in [5.74, 6) is -0.327. The van der Waals surface area contributed by atoms with Crippen LogP contribution in [0.4, 0.5) is 39.8 Å². The molecule has 4 nitrogen and oxygen atoms in total. The molecule has 17 rings (SSSR count). The lowest BCUT2D eigenvalue weighted by Gasteiger charge is -2.47. The Morgan fingerprint density at radius 2 is 0.731 bits per heavy atom. The molecule has 0 fully saturated rings. The van der Waals surface area contributed by atoms with Gasteiger partial charge in [-0.3, -0.25) is 0 Å². The van der Waals surface area contributed by atoms with Gasteiger partial charge in [0.2, 0.25) is 0 Å². The van der Waals surface area contributed by atoms with Gasteiger partial charge in [0.25, 0.3) is 0 Å². The van der Waals surface area contributed by atoms with Gasteiger partial charge in [-0.05, 0) is 150 Å². The van der Waals surface area contributed by atoms with E-state index in [0.717, 1.165) is 90.7 Å². The Bertz CT molecular complexity index is 5050. The first-order valence-electron chi connectivity index (χ1n) is 32.9. The quantitative estimate of drug-likeness (QED) is 0.154.